The summed E-state index contributed by atoms with van der Waals surface area (Å²) in [4.78, 5) is 0. The van der Waals surface area contributed by atoms with Gasteiger partial charge in [-0.05, 0) is 6.42 Å². The average Bonchev–Trinajstić information content (AvgIpc) is 2.17. The molecule has 0 fully saturated rings. The summed E-state index contributed by atoms with van der Waals surface area (Å²) in [6.45, 7) is 0.695. The summed E-state index contributed by atoms with van der Waals surface area (Å²) >= 11 is 0. The van der Waals surface area contributed by atoms with E-state index >= 15 is 0 Å². The highest BCUT2D eigenvalue weighted by Gasteiger charge is 2.29. The third kappa shape index (κ3) is 3.58. The van der Waals surface area contributed by atoms with E-state index in [0.29, 0.717) is 6.42 Å². The number of aliphatic hydroxyl groups excluding tert-OH is 5. The first-order chi connectivity index (χ1) is 6.08. The minimum Gasteiger partial charge on any atom is -0.394 e. The Morgan fingerprint density at radius 2 is 1.38 bits per heavy atom. The van der Waals surface area contributed by atoms with Gasteiger partial charge in [0.15, 0.2) is 0 Å². The molecule has 1 unspecified atom stereocenters. The Bertz CT molecular complexity index is 130. The second-order valence-corrected chi connectivity index (χ2v) is 3.06. The molecule has 0 rings (SSSR count). The molecule has 5 N–H and O–H groups in total. The van der Waals surface area contributed by atoms with Crippen molar-refractivity contribution in [2.45, 2.75) is 31.7 Å². The molecule has 0 bridgehead atoms. The summed E-state index contributed by atoms with van der Waals surface area (Å²) in [5.74, 6) is -0.618. The van der Waals surface area contributed by atoms with Gasteiger partial charge in [0, 0.05) is 5.92 Å². The Morgan fingerprint density at radius 3 is 1.69 bits per heavy atom. The summed E-state index contributed by atoms with van der Waals surface area (Å²) in [6, 6.07) is 0. The predicted molar refractivity (Wildman–Crippen MR) is 46.0 cm³/mol. The molecule has 0 spiro atoms. The average molecular weight is 194 g/mol. The Balaban J connectivity index is 4.21. The quantitative estimate of drug-likeness (QED) is 0.339. The van der Waals surface area contributed by atoms with E-state index in [0.717, 1.165) is 0 Å². The minimum absolute atomic E-state index is 0.417. The lowest BCUT2D eigenvalue weighted by Gasteiger charge is -2.27. The van der Waals surface area contributed by atoms with E-state index < -0.39 is 37.4 Å². The molecule has 0 aromatic heterocycles. The molecule has 0 aliphatic heterocycles. The first-order valence-electron chi connectivity index (χ1n) is 4.34. The maximum Gasteiger partial charge on any atom is 0.103 e. The fraction of sp³-hybridized carbons (Fsp3) is 1.00. The molecule has 0 heterocycles. The van der Waals surface area contributed by atoms with Crippen molar-refractivity contribution in [1.82, 2.24) is 0 Å². The number of aliphatic hydroxyl groups is 5. The van der Waals surface area contributed by atoms with Crippen molar-refractivity contribution in [3.63, 3.8) is 0 Å². The second kappa shape index (κ2) is 6.28. The van der Waals surface area contributed by atoms with Crippen LogP contribution in [0.4, 0.5) is 0 Å². The van der Waals surface area contributed by atoms with E-state index in [2.05, 4.69) is 0 Å². The molecule has 0 amide bonds. The highest BCUT2D eigenvalue weighted by molar-refractivity contribution is 4.79. The van der Waals surface area contributed by atoms with Gasteiger partial charge in [-0.1, -0.05) is 6.92 Å². The molecular weight excluding hydrogens is 176 g/mol. The summed E-state index contributed by atoms with van der Waals surface area (Å²) in [7, 11) is 0. The molecule has 13 heavy (non-hydrogen) atoms. The normalized spacial score (nSPS) is 20.8. The zero-order valence-electron chi connectivity index (χ0n) is 7.67. The molecule has 0 aliphatic rings. The van der Waals surface area contributed by atoms with Crippen molar-refractivity contribution in [3.05, 3.63) is 0 Å². The summed E-state index contributed by atoms with van der Waals surface area (Å²) in [5.41, 5.74) is 0. The largest absolute Gasteiger partial charge is 0.394 e. The highest BCUT2D eigenvalue weighted by atomic mass is 16.4. The topological polar surface area (TPSA) is 101 Å². The monoisotopic (exact) mass is 194 g/mol. The van der Waals surface area contributed by atoms with E-state index in [1.165, 1.54) is 0 Å². The van der Waals surface area contributed by atoms with Crippen LogP contribution >= 0.6 is 0 Å². The van der Waals surface area contributed by atoms with Crippen molar-refractivity contribution in [1.29, 1.82) is 0 Å². The van der Waals surface area contributed by atoms with Crippen LogP contribution in [-0.2, 0) is 0 Å². The maximum atomic E-state index is 9.40. The van der Waals surface area contributed by atoms with Crippen molar-refractivity contribution >= 4 is 0 Å². The third-order valence-electron chi connectivity index (χ3n) is 2.17. The Labute approximate surface area is 77.3 Å². The molecule has 0 radical (unpaired) electrons. The maximum absolute atomic E-state index is 9.40. The molecule has 0 aromatic rings. The summed E-state index contributed by atoms with van der Waals surface area (Å²) in [5, 5.41) is 44.9. The molecular formula is C8H18O5. The van der Waals surface area contributed by atoms with Gasteiger partial charge >= 0.3 is 0 Å². The molecule has 80 valence electrons. The van der Waals surface area contributed by atoms with E-state index in [4.69, 9.17) is 15.3 Å². The second-order valence-electron chi connectivity index (χ2n) is 3.06. The summed E-state index contributed by atoms with van der Waals surface area (Å²) in [6.07, 6.45) is -3.13. The van der Waals surface area contributed by atoms with Crippen molar-refractivity contribution in [2.75, 3.05) is 13.2 Å². The van der Waals surface area contributed by atoms with Crippen LogP contribution in [0, 0.1) is 5.92 Å². The van der Waals surface area contributed by atoms with E-state index in [-0.39, 0.29) is 0 Å². The standard InChI is InChI=1S/C8H18O5/c1-2-5(6(11)3-9)8(13)7(12)4-10/h5-13H,2-4H2,1H3/t5?,6-,7+,8+/m1/s1. The number of hydrogen-bond donors (Lipinski definition) is 5. The fourth-order valence-electron chi connectivity index (χ4n) is 1.27. The van der Waals surface area contributed by atoms with Crippen LogP contribution < -0.4 is 0 Å². The highest BCUT2D eigenvalue weighted by Crippen LogP contribution is 2.16. The van der Waals surface area contributed by atoms with Gasteiger partial charge in [0.25, 0.3) is 0 Å². The first kappa shape index (κ1) is 12.8. The zero-order chi connectivity index (χ0) is 10.4. The van der Waals surface area contributed by atoms with Gasteiger partial charge in [-0.2, -0.15) is 0 Å². The molecule has 5 heteroatoms. The minimum atomic E-state index is -1.27. The van der Waals surface area contributed by atoms with Gasteiger partial charge in [-0.25, -0.2) is 0 Å². The van der Waals surface area contributed by atoms with Gasteiger partial charge in [0.05, 0.1) is 25.4 Å². The van der Waals surface area contributed by atoms with Crippen LogP contribution in [-0.4, -0.2) is 57.1 Å². The molecule has 5 nitrogen and oxygen atoms in total. The number of hydrogen-bond acceptors (Lipinski definition) is 5. The lowest BCUT2D eigenvalue weighted by atomic mass is 9.90. The van der Waals surface area contributed by atoms with Gasteiger partial charge in [-0.3, -0.25) is 0 Å². The van der Waals surface area contributed by atoms with Crippen LogP contribution in [0.3, 0.4) is 0 Å². The number of rotatable bonds is 6. The van der Waals surface area contributed by atoms with E-state index in [9.17, 15) is 10.2 Å². The molecule has 0 saturated heterocycles. The van der Waals surface area contributed by atoms with Crippen molar-refractivity contribution in [3.8, 4) is 0 Å². The van der Waals surface area contributed by atoms with Gasteiger partial charge in [-0.15, -0.1) is 0 Å². The predicted octanol–water partition coefficient (Wildman–Crippen LogP) is -1.92. The van der Waals surface area contributed by atoms with E-state index in [1.54, 1.807) is 6.92 Å². The lowest BCUT2D eigenvalue weighted by molar-refractivity contribution is -0.0846. The van der Waals surface area contributed by atoms with Crippen LogP contribution in [0.2, 0.25) is 0 Å². The van der Waals surface area contributed by atoms with Crippen molar-refractivity contribution in [2.24, 2.45) is 5.92 Å². The van der Waals surface area contributed by atoms with Crippen LogP contribution in [0.5, 0.6) is 0 Å². The van der Waals surface area contributed by atoms with Gasteiger partial charge < -0.3 is 25.5 Å². The Hall–Kier alpha value is -0.200. The third-order valence-corrected chi connectivity index (χ3v) is 2.17. The van der Waals surface area contributed by atoms with Crippen LogP contribution in [0.1, 0.15) is 13.3 Å². The molecule has 0 aromatic carbocycles. The SMILES string of the molecule is CCC([C@H](O)CO)[C@H](O)[C@@H](O)CO. The van der Waals surface area contributed by atoms with E-state index in [1.807, 2.05) is 0 Å². The molecule has 4 atom stereocenters. The van der Waals surface area contributed by atoms with Gasteiger partial charge in [0.1, 0.15) is 6.10 Å². The van der Waals surface area contributed by atoms with Gasteiger partial charge in [0.2, 0.25) is 0 Å². The van der Waals surface area contributed by atoms with Crippen LogP contribution in [0.25, 0.3) is 0 Å². The Morgan fingerprint density at radius 1 is 0.923 bits per heavy atom. The zero-order valence-corrected chi connectivity index (χ0v) is 7.67. The summed E-state index contributed by atoms with van der Waals surface area (Å²) < 4.78 is 0. The van der Waals surface area contributed by atoms with Crippen LogP contribution in [0.15, 0.2) is 0 Å². The Kier molecular flexibility index (Phi) is 6.19. The van der Waals surface area contributed by atoms with Crippen molar-refractivity contribution < 1.29 is 25.5 Å². The fourth-order valence-corrected chi connectivity index (χ4v) is 1.27. The molecule has 0 aliphatic carbocycles. The first-order valence-corrected chi connectivity index (χ1v) is 4.34. The smallest absolute Gasteiger partial charge is 0.103 e. The molecule has 0 saturated carbocycles. The lowest BCUT2D eigenvalue weighted by Crippen LogP contribution is -2.42.